The first-order valence-corrected chi connectivity index (χ1v) is 7.16. The number of rotatable bonds is 3. The van der Waals surface area contributed by atoms with Crippen LogP contribution in [0.4, 0.5) is 5.69 Å². The number of para-hydroxylation sites is 1. The van der Waals surface area contributed by atoms with Crippen LogP contribution >= 0.6 is 11.8 Å². The van der Waals surface area contributed by atoms with Crippen molar-refractivity contribution in [2.75, 3.05) is 11.9 Å². The number of Topliss-reactive ketones (excluding diaryl/α,β-unsaturated/α-hetero) is 1. The summed E-state index contributed by atoms with van der Waals surface area (Å²) < 4.78 is 0. The summed E-state index contributed by atoms with van der Waals surface area (Å²) >= 11 is 0.938. The van der Waals surface area contributed by atoms with Crippen LogP contribution in [0.15, 0.2) is 24.3 Å². The zero-order valence-electron chi connectivity index (χ0n) is 11.5. The summed E-state index contributed by atoms with van der Waals surface area (Å²) in [6, 6.07) is 6.27. The number of amides is 1. The summed E-state index contributed by atoms with van der Waals surface area (Å²) in [4.78, 5) is 37.9. The monoisotopic (exact) mass is 292 g/mol. The van der Waals surface area contributed by atoms with Gasteiger partial charge in [0.2, 0.25) is 5.12 Å². The molecule has 0 fully saturated rings. The van der Waals surface area contributed by atoms with E-state index in [0.29, 0.717) is 11.3 Å². The van der Waals surface area contributed by atoms with Crippen molar-refractivity contribution in [2.45, 2.75) is 25.3 Å². The van der Waals surface area contributed by atoms with Crippen LogP contribution in [0.3, 0.4) is 0 Å². The van der Waals surface area contributed by atoms with E-state index in [4.69, 9.17) is 0 Å². The fourth-order valence-corrected chi connectivity index (χ4v) is 2.93. The molecule has 0 saturated carbocycles. The Morgan fingerprint density at radius 2 is 2.00 bits per heavy atom. The molecule has 1 aliphatic rings. The molecule has 1 aromatic rings. The Kier molecular flexibility index (Phi) is 4.25. The Labute approximate surface area is 121 Å². The van der Waals surface area contributed by atoms with Gasteiger partial charge < -0.3 is 5.32 Å². The molecule has 1 aromatic carbocycles. The van der Waals surface area contributed by atoms with E-state index >= 15 is 0 Å². The predicted octanol–water partition coefficient (Wildman–Crippen LogP) is 1.43. The maximum absolute atomic E-state index is 12.6. The molecule has 0 saturated heterocycles. The van der Waals surface area contributed by atoms with Gasteiger partial charge in [0.25, 0.3) is 5.91 Å². The summed E-state index contributed by atoms with van der Waals surface area (Å²) in [5.41, 5.74) is 0.951. The van der Waals surface area contributed by atoms with Crippen LogP contribution in [-0.4, -0.2) is 35.3 Å². The first kappa shape index (κ1) is 14.7. The molecule has 1 aliphatic heterocycles. The maximum Gasteiger partial charge on any atom is 0.255 e. The average molecular weight is 292 g/mol. The lowest BCUT2D eigenvalue weighted by Crippen LogP contribution is -2.49. The minimum atomic E-state index is -0.684. The van der Waals surface area contributed by atoms with Crippen LogP contribution in [-0.2, 0) is 9.59 Å². The molecule has 1 N–H and O–H groups in total. The van der Waals surface area contributed by atoms with E-state index in [0.717, 1.165) is 11.8 Å². The SMILES string of the molecule is CNC1SC(=O)c2ccccc2N(C(C)C(C)=O)C1=O. The highest BCUT2D eigenvalue weighted by atomic mass is 32.2. The normalized spacial score (nSPS) is 20.4. The molecule has 0 spiro atoms. The lowest BCUT2D eigenvalue weighted by atomic mass is 10.1. The summed E-state index contributed by atoms with van der Waals surface area (Å²) in [5, 5.41) is 1.96. The van der Waals surface area contributed by atoms with Crippen LogP contribution in [0.2, 0.25) is 0 Å². The number of nitrogens with one attached hydrogen (secondary N) is 1. The van der Waals surface area contributed by atoms with Gasteiger partial charge in [-0.2, -0.15) is 0 Å². The highest BCUT2D eigenvalue weighted by Crippen LogP contribution is 2.33. The summed E-state index contributed by atoms with van der Waals surface area (Å²) in [7, 11) is 1.62. The van der Waals surface area contributed by atoms with Gasteiger partial charge in [-0.1, -0.05) is 23.9 Å². The number of ketones is 1. The highest BCUT2D eigenvalue weighted by molar-refractivity contribution is 8.15. The second-order valence-corrected chi connectivity index (χ2v) is 5.66. The summed E-state index contributed by atoms with van der Waals surface area (Å²) in [5.74, 6) is -0.402. The zero-order valence-corrected chi connectivity index (χ0v) is 12.4. The van der Waals surface area contributed by atoms with Crippen molar-refractivity contribution in [3.8, 4) is 0 Å². The Balaban J connectivity index is 2.59. The van der Waals surface area contributed by atoms with Crippen molar-refractivity contribution in [3.63, 3.8) is 0 Å². The number of carbonyl (C=O) groups is 3. The summed E-state index contributed by atoms with van der Waals surface area (Å²) in [6.45, 7) is 3.11. The minimum Gasteiger partial charge on any atom is -0.300 e. The van der Waals surface area contributed by atoms with Crippen molar-refractivity contribution in [1.29, 1.82) is 0 Å². The summed E-state index contributed by atoms with van der Waals surface area (Å²) in [6.07, 6.45) is 0. The Hall–Kier alpha value is -1.66. The molecular weight excluding hydrogens is 276 g/mol. The van der Waals surface area contributed by atoms with Crippen molar-refractivity contribution in [3.05, 3.63) is 29.8 Å². The lowest BCUT2D eigenvalue weighted by molar-refractivity contribution is -0.123. The van der Waals surface area contributed by atoms with E-state index in [1.54, 1.807) is 38.2 Å². The Bertz CT molecular complexity index is 573. The van der Waals surface area contributed by atoms with E-state index in [2.05, 4.69) is 5.32 Å². The first-order chi connectivity index (χ1) is 9.47. The van der Waals surface area contributed by atoms with Gasteiger partial charge in [-0.15, -0.1) is 0 Å². The molecule has 106 valence electrons. The molecule has 0 aromatic heterocycles. The van der Waals surface area contributed by atoms with E-state index in [-0.39, 0.29) is 16.8 Å². The molecule has 1 heterocycles. The van der Waals surface area contributed by atoms with Crippen molar-refractivity contribution in [1.82, 2.24) is 5.32 Å². The minimum absolute atomic E-state index is 0.123. The van der Waals surface area contributed by atoms with Crippen LogP contribution in [0.5, 0.6) is 0 Å². The quantitative estimate of drug-likeness (QED) is 0.913. The predicted molar refractivity (Wildman–Crippen MR) is 78.8 cm³/mol. The van der Waals surface area contributed by atoms with Gasteiger partial charge in [-0.05, 0) is 33.0 Å². The smallest absolute Gasteiger partial charge is 0.255 e. The third-order valence-electron chi connectivity index (χ3n) is 3.31. The third-order valence-corrected chi connectivity index (χ3v) is 4.41. The molecule has 2 unspecified atom stereocenters. The molecule has 2 atom stereocenters. The van der Waals surface area contributed by atoms with Crippen LogP contribution in [0.25, 0.3) is 0 Å². The highest BCUT2D eigenvalue weighted by Gasteiger charge is 2.37. The lowest BCUT2D eigenvalue weighted by Gasteiger charge is -2.29. The molecule has 2 rings (SSSR count). The van der Waals surface area contributed by atoms with Crippen molar-refractivity contribution < 1.29 is 14.4 Å². The van der Waals surface area contributed by atoms with Crippen LogP contribution in [0.1, 0.15) is 24.2 Å². The molecular formula is C14H16N2O3S. The number of hydrogen-bond acceptors (Lipinski definition) is 5. The Morgan fingerprint density at radius 3 is 2.60 bits per heavy atom. The average Bonchev–Trinajstić information content (AvgIpc) is 2.54. The van der Waals surface area contributed by atoms with E-state index < -0.39 is 11.4 Å². The molecule has 0 bridgehead atoms. The largest absolute Gasteiger partial charge is 0.300 e. The molecule has 20 heavy (non-hydrogen) atoms. The maximum atomic E-state index is 12.6. The third kappa shape index (κ3) is 2.48. The number of likely N-dealkylation sites (N-methyl/N-ethyl adjacent to an activating group) is 1. The zero-order chi connectivity index (χ0) is 14.9. The molecule has 6 heteroatoms. The van der Waals surface area contributed by atoms with E-state index in [1.165, 1.54) is 11.8 Å². The number of thioether (sulfide) groups is 1. The number of hydrogen-bond donors (Lipinski definition) is 1. The van der Waals surface area contributed by atoms with Gasteiger partial charge in [0, 0.05) is 0 Å². The molecule has 0 aliphatic carbocycles. The number of benzene rings is 1. The van der Waals surface area contributed by atoms with Gasteiger partial charge >= 0.3 is 0 Å². The van der Waals surface area contributed by atoms with Crippen molar-refractivity contribution in [2.24, 2.45) is 0 Å². The molecule has 0 radical (unpaired) electrons. The molecule has 5 nitrogen and oxygen atoms in total. The second-order valence-electron chi connectivity index (χ2n) is 4.59. The van der Waals surface area contributed by atoms with Crippen LogP contribution < -0.4 is 10.2 Å². The van der Waals surface area contributed by atoms with Gasteiger partial charge in [0.05, 0.1) is 17.3 Å². The Morgan fingerprint density at radius 1 is 1.35 bits per heavy atom. The van der Waals surface area contributed by atoms with Gasteiger partial charge in [-0.25, -0.2) is 0 Å². The standard InChI is InChI=1S/C14H16N2O3S/c1-8(9(2)17)16-11-7-5-4-6-10(11)14(19)20-12(15-3)13(16)18/h4-8,12,15H,1-3H3. The number of nitrogens with zero attached hydrogens (tertiary/aromatic N) is 1. The fraction of sp³-hybridized carbons (Fsp3) is 0.357. The fourth-order valence-electron chi connectivity index (χ4n) is 2.09. The van der Waals surface area contributed by atoms with Crippen LogP contribution in [0, 0.1) is 0 Å². The van der Waals surface area contributed by atoms with Gasteiger partial charge in [0.15, 0.2) is 5.78 Å². The molecule has 1 amide bonds. The number of carbonyl (C=O) groups excluding carboxylic acids is 3. The van der Waals surface area contributed by atoms with Gasteiger partial charge in [0.1, 0.15) is 5.37 Å². The van der Waals surface area contributed by atoms with E-state index in [1.807, 2.05) is 0 Å². The topological polar surface area (TPSA) is 66.5 Å². The van der Waals surface area contributed by atoms with Crippen molar-refractivity contribution >= 4 is 34.3 Å². The van der Waals surface area contributed by atoms with E-state index in [9.17, 15) is 14.4 Å². The number of fused-ring (bicyclic) bond motifs is 1. The van der Waals surface area contributed by atoms with Gasteiger partial charge in [-0.3, -0.25) is 19.3 Å². The first-order valence-electron chi connectivity index (χ1n) is 6.28. The number of anilines is 1. The second kappa shape index (κ2) is 5.76.